The second-order valence-corrected chi connectivity index (χ2v) is 4.77. The highest BCUT2D eigenvalue weighted by Crippen LogP contribution is 1.96. The van der Waals surface area contributed by atoms with Crippen LogP contribution >= 0.6 is 0 Å². The Hall–Kier alpha value is -1.52. The molecular weight excluding hydrogens is 238 g/mol. The molecule has 0 bridgehead atoms. The minimum Gasteiger partial charge on any atom is -0.356 e. The first kappa shape index (κ1) is 15.5. The molecule has 0 saturated heterocycles. The first-order valence-corrected chi connectivity index (χ1v) is 7.20. The molecule has 2 N–H and O–H groups in total. The normalized spacial score (nSPS) is 11.6. The summed E-state index contributed by atoms with van der Waals surface area (Å²) in [5.74, 6) is 0.875. The first-order chi connectivity index (χ1) is 9.26. The van der Waals surface area contributed by atoms with E-state index in [1.54, 1.807) is 7.05 Å². The van der Waals surface area contributed by atoms with Gasteiger partial charge in [-0.1, -0.05) is 26.2 Å². The smallest absolute Gasteiger partial charge is 0.191 e. The molecule has 1 aromatic rings. The quantitative estimate of drug-likeness (QED) is 0.429. The number of hydrogen-bond acceptors (Lipinski definition) is 2. The van der Waals surface area contributed by atoms with E-state index in [2.05, 4.69) is 27.6 Å². The van der Waals surface area contributed by atoms with Gasteiger partial charge in [-0.3, -0.25) is 9.67 Å². The standard InChI is InChI=1S/C14H27N5/c1-4-5-6-7-8-16-14(15-3)17-9-10-19-12-13(2)11-18-19/h11-12H,4-10H2,1-3H3,(H2,15,16,17). The zero-order chi connectivity index (χ0) is 13.9. The van der Waals surface area contributed by atoms with Gasteiger partial charge in [0.2, 0.25) is 0 Å². The number of unbranched alkanes of at least 4 members (excludes halogenated alkanes) is 3. The molecule has 0 atom stereocenters. The van der Waals surface area contributed by atoms with Gasteiger partial charge in [0.25, 0.3) is 0 Å². The number of rotatable bonds is 8. The molecule has 0 radical (unpaired) electrons. The third-order valence-electron chi connectivity index (χ3n) is 2.94. The van der Waals surface area contributed by atoms with Crippen LogP contribution in [0.1, 0.15) is 38.2 Å². The number of aromatic nitrogens is 2. The molecule has 108 valence electrons. The minimum atomic E-state index is 0.829. The highest BCUT2D eigenvalue weighted by atomic mass is 15.3. The summed E-state index contributed by atoms with van der Waals surface area (Å²) in [5, 5.41) is 10.9. The lowest BCUT2D eigenvalue weighted by atomic mass is 10.2. The fraction of sp³-hybridized carbons (Fsp3) is 0.714. The van der Waals surface area contributed by atoms with Crippen molar-refractivity contribution in [2.24, 2.45) is 4.99 Å². The SMILES string of the molecule is CCCCCCNC(=NC)NCCn1cc(C)cn1. The summed E-state index contributed by atoms with van der Waals surface area (Å²) in [5.41, 5.74) is 1.19. The van der Waals surface area contributed by atoms with Gasteiger partial charge < -0.3 is 10.6 Å². The number of nitrogens with zero attached hydrogens (tertiary/aromatic N) is 3. The van der Waals surface area contributed by atoms with E-state index in [0.29, 0.717) is 0 Å². The van der Waals surface area contributed by atoms with E-state index in [-0.39, 0.29) is 0 Å². The zero-order valence-electron chi connectivity index (χ0n) is 12.4. The van der Waals surface area contributed by atoms with Crippen LogP contribution in [0.15, 0.2) is 17.4 Å². The summed E-state index contributed by atoms with van der Waals surface area (Å²) in [6.07, 6.45) is 8.99. The Kier molecular flexibility index (Phi) is 7.70. The van der Waals surface area contributed by atoms with Crippen LogP contribution in [0.3, 0.4) is 0 Å². The average molecular weight is 265 g/mol. The summed E-state index contributed by atoms with van der Waals surface area (Å²) < 4.78 is 1.94. The molecule has 0 aliphatic heterocycles. The molecule has 0 fully saturated rings. The van der Waals surface area contributed by atoms with Crippen LogP contribution in [0.2, 0.25) is 0 Å². The fourth-order valence-electron chi connectivity index (χ4n) is 1.86. The van der Waals surface area contributed by atoms with E-state index in [9.17, 15) is 0 Å². The number of nitrogens with one attached hydrogen (secondary N) is 2. The van der Waals surface area contributed by atoms with Crippen LogP contribution in [0.25, 0.3) is 0 Å². The molecule has 1 aromatic heterocycles. The molecule has 5 nitrogen and oxygen atoms in total. The molecule has 1 heterocycles. The van der Waals surface area contributed by atoms with E-state index in [4.69, 9.17) is 0 Å². The molecular formula is C14H27N5. The number of hydrogen-bond donors (Lipinski definition) is 2. The second kappa shape index (κ2) is 9.42. The molecule has 0 saturated carbocycles. The number of guanidine groups is 1. The molecule has 0 aromatic carbocycles. The summed E-state index contributed by atoms with van der Waals surface area (Å²) in [7, 11) is 1.80. The van der Waals surface area contributed by atoms with Gasteiger partial charge in [0, 0.05) is 26.3 Å². The van der Waals surface area contributed by atoms with Crippen molar-refractivity contribution < 1.29 is 0 Å². The van der Waals surface area contributed by atoms with E-state index in [1.807, 2.05) is 24.0 Å². The Labute approximate surface area is 116 Å². The van der Waals surface area contributed by atoms with E-state index >= 15 is 0 Å². The monoisotopic (exact) mass is 265 g/mol. The number of aliphatic imine (C=N–C) groups is 1. The summed E-state index contributed by atoms with van der Waals surface area (Å²) in [4.78, 5) is 4.21. The Morgan fingerprint density at radius 2 is 2.05 bits per heavy atom. The van der Waals surface area contributed by atoms with Crippen molar-refractivity contribution in [3.05, 3.63) is 18.0 Å². The van der Waals surface area contributed by atoms with E-state index < -0.39 is 0 Å². The lowest BCUT2D eigenvalue weighted by Crippen LogP contribution is -2.39. The van der Waals surface area contributed by atoms with Crippen LogP contribution in [-0.4, -0.2) is 35.9 Å². The van der Waals surface area contributed by atoms with Gasteiger partial charge >= 0.3 is 0 Å². The maximum atomic E-state index is 4.25. The Balaban J connectivity index is 2.11. The molecule has 5 heteroatoms. The van der Waals surface area contributed by atoms with Crippen LogP contribution in [0, 0.1) is 6.92 Å². The molecule has 0 aliphatic carbocycles. The predicted octanol–water partition coefficient (Wildman–Crippen LogP) is 1.94. The van der Waals surface area contributed by atoms with Gasteiger partial charge in [0.15, 0.2) is 5.96 Å². The highest BCUT2D eigenvalue weighted by molar-refractivity contribution is 5.79. The lowest BCUT2D eigenvalue weighted by molar-refractivity contribution is 0.593. The van der Waals surface area contributed by atoms with Crippen molar-refractivity contribution in [3.63, 3.8) is 0 Å². The van der Waals surface area contributed by atoms with Gasteiger partial charge in [-0.25, -0.2) is 0 Å². The third-order valence-corrected chi connectivity index (χ3v) is 2.94. The largest absolute Gasteiger partial charge is 0.356 e. The summed E-state index contributed by atoms with van der Waals surface area (Å²) in [6.45, 7) is 6.94. The van der Waals surface area contributed by atoms with Crippen molar-refractivity contribution in [2.45, 2.75) is 46.1 Å². The second-order valence-electron chi connectivity index (χ2n) is 4.77. The maximum absolute atomic E-state index is 4.25. The first-order valence-electron chi connectivity index (χ1n) is 7.20. The summed E-state index contributed by atoms with van der Waals surface area (Å²) >= 11 is 0. The molecule has 1 rings (SSSR count). The Bertz CT molecular complexity index is 370. The van der Waals surface area contributed by atoms with Crippen molar-refractivity contribution in [1.29, 1.82) is 0 Å². The minimum absolute atomic E-state index is 0.829. The van der Waals surface area contributed by atoms with Crippen molar-refractivity contribution in [2.75, 3.05) is 20.1 Å². The van der Waals surface area contributed by atoms with Crippen LogP contribution in [0.4, 0.5) is 0 Å². The molecule has 19 heavy (non-hydrogen) atoms. The van der Waals surface area contributed by atoms with Crippen LogP contribution in [-0.2, 0) is 6.54 Å². The van der Waals surface area contributed by atoms with E-state index in [1.165, 1.54) is 31.2 Å². The zero-order valence-corrected chi connectivity index (χ0v) is 12.4. The van der Waals surface area contributed by atoms with Gasteiger partial charge in [-0.2, -0.15) is 5.10 Å². The van der Waals surface area contributed by atoms with Crippen molar-refractivity contribution in [3.8, 4) is 0 Å². The van der Waals surface area contributed by atoms with Gasteiger partial charge in [-0.15, -0.1) is 0 Å². The third kappa shape index (κ3) is 6.84. The Morgan fingerprint density at radius 3 is 2.68 bits per heavy atom. The molecule has 0 aliphatic rings. The molecule has 0 amide bonds. The summed E-state index contributed by atoms with van der Waals surface area (Å²) in [6, 6.07) is 0. The van der Waals surface area contributed by atoms with Crippen LogP contribution in [0.5, 0.6) is 0 Å². The number of aryl methyl sites for hydroxylation is 1. The van der Waals surface area contributed by atoms with Gasteiger partial charge in [0.1, 0.15) is 0 Å². The van der Waals surface area contributed by atoms with Crippen molar-refractivity contribution in [1.82, 2.24) is 20.4 Å². The maximum Gasteiger partial charge on any atom is 0.191 e. The predicted molar refractivity (Wildman–Crippen MR) is 80.5 cm³/mol. The molecule has 0 unspecified atom stereocenters. The van der Waals surface area contributed by atoms with Crippen LogP contribution < -0.4 is 10.6 Å². The Morgan fingerprint density at radius 1 is 1.26 bits per heavy atom. The highest BCUT2D eigenvalue weighted by Gasteiger charge is 1.98. The fourth-order valence-corrected chi connectivity index (χ4v) is 1.86. The van der Waals surface area contributed by atoms with Gasteiger partial charge in [-0.05, 0) is 18.9 Å². The van der Waals surface area contributed by atoms with Crippen molar-refractivity contribution >= 4 is 5.96 Å². The molecule has 0 spiro atoms. The average Bonchev–Trinajstić information content (AvgIpc) is 2.82. The van der Waals surface area contributed by atoms with E-state index in [0.717, 1.165) is 25.6 Å². The van der Waals surface area contributed by atoms with Gasteiger partial charge in [0.05, 0.1) is 12.7 Å². The lowest BCUT2D eigenvalue weighted by Gasteiger charge is -2.11. The topological polar surface area (TPSA) is 54.2 Å².